The van der Waals surface area contributed by atoms with Gasteiger partial charge in [-0.3, -0.25) is 19.3 Å². The first-order valence-electron chi connectivity index (χ1n) is 12.3. The number of hydrogen-bond donors (Lipinski definition) is 1. The number of likely N-dealkylation sites (tertiary alicyclic amines) is 1. The molecular weight excluding hydrogens is 474 g/mol. The summed E-state index contributed by atoms with van der Waals surface area (Å²) in [5.41, 5.74) is 0.0336. The number of methoxy groups -OCH3 is 1. The Kier molecular flexibility index (Phi) is 6.96. The van der Waals surface area contributed by atoms with Gasteiger partial charge in [0.25, 0.3) is 11.8 Å². The van der Waals surface area contributed by atoms with E-state index in [1.165, 1.54) is 0 Å². The minimum atomic E-state index is -0.981. The second-order valence-corrected chi connectivity index (χ2v) is 9.14. The summed E-state index contributed by atoms with van der Waals surface area (Å²) in [5, 5.41) is 2.86. The highest BCUT2D eigenvalue weighted by molar-refractivity contribution is 5.98. The van der Waals surface area contributed by atoms with E-state index in [1.807, 2.05) is 6.07 Å². The van der Waals surface area contributed by atoms with Gasteiger partial charge >= 0.3 is 0 Å². The lowest BCUT2D eigenvalue weighted by Gasteiger charge is -2.44. The monoisotopic (exact) mass is 503 g/mol. The molecule has 0 unspecified atom stereocenters. The lowest BCUT2D eigenvalue weighted by Crippen LogP contribution is -2.59. The largest absolute Gasteiger partial charge is 0.497 e. The zero-order valence-corrected chi connectivity index (χ0v) is 20.6. The van der Waals surface area contributed by atoms with Crippen LogP contribution in [-0.2, 0) is 16.1 Å². The Morgan fingerprint density at radius 3 is 2.43 bits per heavy atom. The van der Waals surface area contributed by atoms with Crippen LogP contribution in [0.2, 0.25) is 0 Å². The van der Waals surface area contributed by atoms with Gasteiger partial charge in [0.2, 0.25) is 5.91 Å². The molecule has 0 aliphatic carbocycles. The number of piperidine rings is 1. The van der Waals surface area contributed by atoms with E-state index in [0.717, 1.165) is 0 Å². The van der Waals surface area contributed by atoms with E-state index in [1.54, 1.807) is 83.8 Å². The van der Waals surface area contributed by atoms with Crippen LogP contribution in [0.4, 0.5) is 0 Å². The zero-order chi connectivity index (χ0) is 25.8. The molecule has 2 fully saturated rings. The number of amides is 3. The summed E-state index contributed by atoms with van der Waals surface area (Å²) in [5.74, 6) is 0.533. The first-order chi connectivity index (χ1) is 18.0. The Labute approximate surface area is 214 Å². The second kappa shape index (κ2) is 10.5. The van der Waals surface area contributed by atoms with Crippen LogP contribution >= 0.6 is 0 Å². The lowest BCUT2D eigenvalue weighted by molar-refractivity contribution is -0.128. The molecule has 0 radical (unpaired) electrons. The molecule has 192 valence electrons. The molecule has 9 heteroatoms. The van der Waals surface area contributed by atoms with E-state index in [-0.39, 0.29) is 30.9 Å². The predicted octanol–water partition coefficient (Wildman–Crippen LogP) is 3.08. The minimum Gasteiger partial charge on any atom is -0.497 e. The maximum absolute atomic E-state index is 13.7. The lowest BCUT2D eigenvalue weighted by atomic mass is 9.96. The molecular formula is C28H29N3O6. The quantitative estimate of drug-likeness (QED) is 0.555. The third kappa shape index (κ3) is 4.95. The van der Waals surface area contributed by atoms with Crippen molar-refractivity contribution in [1.29, 1.82) is 0 Å². The normalized spacial score (nSPS) is 18.6. The molecule has 2 aromatic carbocycles. The van der Waals surface area contributed by atoms with E-state index in [9.17, 15) is 14.4 Å². The molecule has 2 aliphatic rings. The van der Waals surface area contributed by atoms with Gasteiger partial charge in [-0.15, -0.1) is 0 Å². The molecule has 1 aromatic heterocycles. The SMILES string of the molecule is COc1cccc(C(=O)N2CCC3(CC2)OC[C@H](C(=O)NCc2ccco2)N3C(=O)c2ccccc2)c1. The number of nitrogens with zero attached hydrogens (tertiary/aromatic N) is 2. The molecule has 0 saturated carbocycles. The third-order valence-electron chi connectivity index (χ3n) is 6.97. The van der Waals surface area contributed by atoms with Gasteiger partial charge in [0.05, 0.1) is 26.5 Å². The van der Waals surface area contributed by atoms with E-state index in [4.69, 9.17) is 13.9 Å². The number of carbonyl (C=O) groups excluding carboxylic acids is 3. The Morgan fingerprint density at radius 2 is 1.73 bits per heavy atom. The molecule has 0 bridgehead atoms. The molecule has 3 aromatic rings. The van der Waals surface area contributed by atoms with Crippen LogP contribution in [0.3, 0.4) is 0 Å². The minimum absolute atomic E-state index is 0.0758. The fourth-order valence-electron chi connectivity index (χ4n) is 4.99. The standard InChI is InChI=1S/C28H29N3O6/c1-35-22-10-5-9-21(17-22)26(33)30-14-12-28(13-15-30)31(27(34)20-7-3-2-4-8-20)24(19-37-28)25(32)29-18-23-11-6-16-36-23/h2-11,16-17,24H,12-15,18-19H2,1H3,(H,29,32)/t24-/m1/s1. The number of carbonyl (C=O) groups is 3. The van der Waals surface area contributed by atoms with Crippen LogP contribution in [-0.4, -0.2) is 66.1 Å². The molecule has 2 aliphatic heterocycles. The van der Waals surface area contributed by atoms with Gasteiger partial charge in [-0.05, 0) is 42.5 Å². The summed E-state index contributed by atoms with van der Waals surface area (Å²) in [4.78, 5) is 43.4. The Bertz CT molecular complexity index is 1250. The average molecular weight is 504 g/mol. The van der Waals surface area contributed by atoms with Gasteiger partial charge in [0.15, 0.2) is 0 Å². The highest BCUT2D eigenvalue weighted by Crippen LogP contribution is 2.39. The molecule has 5 rings (SSSR count). The molecule has 1 N–H and O–H groups in total. The number of rotatable bonds is 6. The maximum atomic E-state index is 13.7. The van der Waals surface area contributed by atoms with Crippen molar-refractivity contribution in [3.63, 3.8) is 0 Å². The van der Waals surface area contributed by atoms with Crippen molar-refractivity contribution in [3.8, 4) is 5.75 Å². The van der Waals surface area contributed by atoms with Gasteiger partial charge in [0, 0.05) is 37.1 Å². The fraction of sp³-hybridized carbons (Fsp3) is 0.321. The summed E-state index contributed by atoms with van der Waals surface area (Å²) in [6, 6.07) is 18.6. The molecule has 9 nitrogen and oxygen atoms in total. The maximum Gasteiger partial charge on any atom is 0.256 e. The average Bonchev–Trinajstić information content (AvgIpc) is 3.60. The van der Waals surface area contributed by atoms with Crippen molar-refractivity contribution in [2.75, 3.05) is 26.8 Å². The Hall–Kier alpha value is -4.11. The topological polar surface area (TPSA) is 101 Å². The van der Waals surface area contributed by atoms with Crippen molar-refractivity contribution in [2.45, 2.75) is 31.2 Å². The number of furan rings is 1. The van der Waals surface area contributed by atoms with Crippen molar-refractivity contribution in [1.82, 2.24) is 15.1 Å². The van der Waals surface area contributed by atoms with E-state index >= 15 is 0 Å². The van der Waals surface area contributed by atoms with E-state index in [0.29, 0.717) is 48.6 Å². The molecule has 3 heterocycles. The molecule has 37 heavy (non-hydrogen) atoms. The van der Waals surface area contributed by atoms with Crippen molar-refractivity contribution >= 4 is 17.7 Å². The van der Waals surface area contributed by atoms with Crippen LogP contribution in [0.1, 0.15) is 39.3 Å². The first-order valence-corrected chi connectivity index (χ1v) is 12.3. The summed E-state index contributed by atoms with van der Waals surface area (Å²) >= 11 is 0. The van der Waals surface area contributed by atoms with Crippen LogP contribution in [0.25, 0.3) is 0 Å². The second-order valence-electron chi connectivity index (χ2n) is 9.14. The number of nitrogens with one attached hydrogen (secondary N) is 1. The molecule has 2 saturated heterocycles. The molecule has 1 atom stereocenters. The molecule has 1 spiro atoms. The Morgan fingerprint density at radius 1 is 0.973 bits per heavy atom. The van der Waals surface area contributed by atoms with Gasteiger partial charge in [-0.2, -0.15) is 0 Å². The fourth-order valence-corrected chi connectivity index (χ4v) is 4.99. The van der Waals surface area contributed by atoms with Crippen LogP contribution in [0.15, 0.2) is 77.4 Å². The molecule has 3 amide bonds. The Balaban J connectivity index is 1.35. The van der Waals surface area contributed by atoms with Gasteiger partial charge in [0.1, 0.15) is 23.3 Å². The highest BCUT2D eigenvalue weighted by Gasteiger charge is 2.54. The van der Waals surface area contributed by atoms with E-state index < -0.39 is 11.8 Å². The number of benzene rings is 2. The van der Waals surface area contributed by atoms with Crippen LogP contribution in [0.5, 0.6) is 5.75 Å². The van der Waals surface area contributed by atoms with Crippen molar-refractivity contribution in [2.24, 2.45) is 0 Å². The summed E-state index contributed by atoms with van der Waals surface area (Å²) < 4.78 is 16.8. The predicted molar refractivity (Wildman–Crippen MR) is 134 cm³/mol. The number of hydrogen-bond acceptors (Lipinski definition) is 6. The summed E-state index contributed by atoms with van der Waals surface area (Å²) in [7, 11) is 1.56. The number of ether oxygens (including phenoxy) is 2. The van der Waals surface area contributed by atoms with Crippen LogP contribution < -0.4 is 10.1 Å². The van der Waals surface area contributed by atoms with Gasteiger partial charge in [-0.1, -0.05) is 24.3 Å². The smallest absolute Gasteiger partial charge is 0.256 e. The zero-order valence-electron chi connectivity index (χ0n) is 20.6. The third-order valence-corrected chi connectivity index (χ3v) is 6.97. The van der Waals surface area contributed by atoms with Gasteiger partial charge in [-0.25, -0.2) is 0 Å². The first kappa shape index (κ1) is 24.6. The van der Waals surface area contributed by atoms with Gasteiger partial charge < -0.3 is 24.1 Å². The summed E-state index contributed by atoms with van der Waals surface area (Å²) in [6.45, 7) is 1.06. The highest BCUT2D eigenvalue weighted by atomic mass is 16.5. The van der Waals surface area contributed by atoms with Crippen LogP contribution in [0, 0.1) is 0 Å². The van der Waals surface area contributed by atoms with Crippen molar-refractivity contribution in [3.05, 3.63) is 89.9 Å². The van der Waals surface area contributed by atoms with Crippen molar-refractivity contribution < 1.29 is 28.3 Å². The van der Waals surface area contributed by atoms with E-state index in [2.05, 4.69) is 5.32 Å². The summed E-state index contributed by atoms with van der Waals surface area (Å²) in [6.07, 6.45) is 2.33.